The van der Waals surface area contributed by atoms with Gasteiger partial charge in [-0.25, -0.2) is 0 Å². The molecule has 150 valence electrons. The first kappa shape index (κ1) is 21.2. The van der Waals surface area contributed by atoms with Gasteiger partial charge in [0.15, 0.2) is 0 Å². The zero-order valence-electron chi connectivity index (χ0n) is 17.1. The first-order valence-electron chi connectivity index (χ1n) is 10.2. The van der Waals surface area contributed by atoms with Gasteiger partial charge in [0, 0.05) is 11.6 Å². The fourth-order valence-electron chi connectivity index (χ4n) is 3.27. The lowest BCUT2D eigenvalue weighted by Gasteiger charge is -2.18. The van der Waals surface area contributed by atoms with Crippen molar-refractivity contribution in [2.75, 3.05) is 26.2 Å². The van der Waals surface area contributed by atoms with Gasteiger partial charge in [0.25, 0.3) is 0 Å². The number of benzene rings is 3. The first-order chi connectivity index (χ1) is 14.2. The molecule has 0 aliphatic heterocycles. The van der Waals surface area contributed by atoms with Crippen LogP contribution < -0.4 is 4.74 Å². The van der Waals surface area contributed by atoms with Crippen molar-refractivity contribution in [2.45, 2.75) is 13.8 Å². The van der Waals surface area contributed by atoms with Crippen LogP contribution in [0.5, 0.6) is 5.75 Å². The average Bonchev–Trinajstić information content (AvgIpc) is 2.76. The van der Waals surface area contributed by atoms with Crippen molar-refractivity contribution in [3.8, 4) is 5.75 Å². The second-order valence-electron chi connectivity index (χ2n) is 6.88. The summed E-state index contributed by atoms with van der Waals surface area (Å²) in [4.78, 5) is 2.36. The van der Waals surface area contributed by atoms with Crippen LogP contribution in [0.15, 0.2) is 78.9 Å². The van der Waals surface area contributed by atoms with Crippen molar-refractivity contribution < 1.29 is 4.74 Å². The van der Waals surface area contributed by atoms with E-state index in [1.807, 2.05) is 48.5 Å². The summed E-state index contributed by atoms with van der Waals surface area (Å²) in [6.45, 7) is 8.08. The zero-order chi connectivity index (χ0) is 20.5. The molecule has 0 atom stereocenters. The van der Waals surface area contributed by atoms with Crippen LogP contribution >= 0.6 is 11.6 Å². The van der Waals surface area contributed by atoms with Crippen molar-refractivity contribution >= 4 is 23.3 Å². The number of hydrogen-bond donors (Lipinski definition) is 0. The smallest absolute Gasteiger partial charge is 0.119 e. The first-order valence-corrected chi connectivity index (χ1v) is 10.6. The number of rotatable bonds is 9. The summed E-state index contributed by atoms with van der Waals surface area (Å²) >= 11 is 6.26. The highest BCUT2D eigenvalue weighted by molar-refractivity contribution is 6.30. The SMILES string of the molecule is CCN(CC)CCOc1ccc(/C(=C/c2ccccc2)c2cccc(Cl)c2)cc1. The lowest BCUT2D eigenvalue weighted by molar-refractivity contribution is 0.223. The van der Waals surface area contributed by atoms with Gasteiger partial charge in [0.2, 0.25) is 0 Å². The summed E-state index contributed by atoms with van der Waals surface area (Å²) in [5.74, 6) is 0.895. The molecular weight excluding hydrogens is 378 g/mol. The summed E-state index contributed by atoms with van der Waals surface area (Å²) in [6, 6.07) is 26.6. The molecule has 3 aromatic rings. The zero-order valence-corrected chi connectivity index (χ0v) is 17.9. The quantitative estimate of drug-likeness (QED) is 0.369. The predicted octanol–water partition coefficient (Wildman–Crippen LogP) is 6.65. The van der Waals surface area contributed by atoms with Gasteiger partial charge in [-0.15, -0.1) is 0 Å². The molecule has 3 aromatic carbocycles. The van der Waals surface area contributed by atoms with Crippen LogP contribution in [0.25, 0.3) is 11.6 Å². The number of hydrogen-bond acceptors (Lipinski definition) is 2. The van der Waals surface area contributed by atoms with Crippen molar-refractivity contribution in [3.05, 3.63) is 101 Å². The topological polar surface area (TPSA) is 12.5 Å². The van der Waals surface area contributed by atoms with E-state index >= 15 is 0 Å². The van der Waals surface area contributed by atoms with Crippen molar-refractivity contribution in [1.29, 1.82) is 0 Å². The molecule has 0 N–H and O–H groups in total. The molecule has 2 nitrogen and oxygen atoms in total. The second-order valence-corrected chi connectivity index (χ2v) is 7.32. The minimum absolute atomic E-state index is 0.696. The van der Waals surface area contributed by atoms with E-state index in [9.17, 15) is 0 Å². The van der Waals surface area contributed by atoms with Gasteiger partial charge in [-0.2, -0.15) is 0 Å². The Hall–Kier alpha value is -2.55. The number of ether oxygens (including phenoxy) is 1. The minimum Gasteiger partial charge on any atom is -0.492 e. The molecule has 0 radical (unpaired) electrons. The molecule has 0 bridgehead atoms. The third kappa shape index (κ3) is 6.22. The van der Waals surface area contributed by atoms with Crippen LogP contribution in [0.1, 0.15) is 30.5 Å². The Morgan fingerprint density at radius 2 is 1.59 bits per heavy atom. The van der Waals surface area contributed by atoms with Crippen molar-refractivity contribution in [3.63, 3.8) is 0 Å². The second kappa shape index (κ2) is 10.8. The number of halogens is 1. The van der Waals surface area contributed by atoms with Crippen LogP contribution in [-0.2, 0) is 0 Å². The summed E-state index contributed by atoms with van der Waals surface area (Å²) < 4.78 is 5.94. The molecule has 0 saturated carbocycles. The Balaban J connectivity index is 1.82. The van der Waals surface area contributed by atoms with E-state index in [2.05, 4.69) is 55.2 Å². The largest absolute Gasteiger partial charge is 0.492 e. The highest BCUT2D eigenvalue weighted by Crippen LogP contribution is 2.29. The van der Waals surface area contributed by atoms with Crippen LogP contribution in [0.4, 0.5) is 0 Å². The van der Waals surface area contributed by atoms with Crippen molar-refractivity contribution in [1.82, 2.24) is 4.90 Å². The Morgan fingerprint density at radius 3 is 2.24 bits per heavy atom. The van der Waals surface area contributed by atoms with E-state index in [4.69, 9.17) is 16.3 Å². The predicted molar refractivity (Wildman–Crippen MR) is 125 cm³/mol. The molecule has 0 unspecified atom stereocenters. The Morgan fingerprint density at radius 1 is 0.862 bits per heavy atom. The molecule has 0 heterocycles. The highest BCUT2D eigenvalue weighted by Gasteiger charge is 2.07. The number of likely N-dealkylation sites (N-methyl/N-ethyl adjacent to an activating group) is 1. The molecule has 0 aliphatic carbocycles. The Bertz CT molecular complexity index is 915. The van der Waals surface area contributed by atoms with Crippen LogP contribution in [0, 0.1) is 0 Å². The molecule has 0 aliphatic rings. The van der Waals surface area contributed by atoms with Gasteiger partial charge in [0.05, 0.1) is 0 Å². The highest BCUT2D eigenvalue weighted by atomic mass is 35.5. The molecule has 0 saturated heterocycles. The van der Waals surface area contributed by atoms with E-state index in [-0.39, 0.29) is 0 Å². The fourth-order valence-corrected chi connectivity index (χ4v) is 3.46. The van der Waals surface area contributed by atoms with Gasteiger partial charge in [-0.3, -0.25) is 0 Å². The average molecular weight is 406 g/mol. The summed E-state index contributed by atoms with van der Waals surface area (Å²) in [5, 5.41) is 0.734. The minimum atomic E-state index is 0.696. The van der Waals surface area contributed by atoms with E-state index in [0.717, 1.165) is 52.7 Å². The standard InChI is InChI=1S/C26H28ClNO/c1-3-28(4-2)17-18-29-25-15-13-22(14-16-25)26(19-21-9-6-5-7-10-21)23-11-8-12-24(27)20-23/h5-16,19-20H,3-4,17-18H2,1-2H3/b26-19-. The molecule has 3 rings (SSSR count). The van der Waals surface area contributed by atoms with Gasteiger partial charge >= 0.3 is 0 Å². The summed E-state index contributed by atoms with van der Waals surface area (Å²) in [6.07, 6.45) is 2.20. The van der Waals surface area contributed by atoms with E-state index in [1.54, 1.807) is 0 Å². The normalized spacial score (nSPS) is 11.7. The van der Waals surface area contributed by atoms with Gasteiger partial charge < -0.3 is 9.64 Å². The Labute approximate surface area is 179 Å². The van der Waals surface area contributed by atoms with E-state index in [0.29, 0.717) is 6.61 Å². The summed E-state index contributed by atoms with van der Waals surface area (Å²) in [5.41, 5.74) is 4.51. The third-order valence-corrected chi connectivity index (χ3v) is 5.22. The molecule has 3 heteroatoms. The maximum atomic E-state index is 6.26. The molecule has 0 amide bonds. The molecule has 0 fully saturated rings. The summed E-state index contributed by atoms with van der Waals surface area (Å²) in [7, 11) is 0. The maximum absolute atomic E-state index is 6.26. The van der Waals surface area contributed by atoms with E-state index in [1.165, 1.54) is 0 Å². The van der Waals surface area contributed by atoms with Crippen LogP contribution in [0.3, 0.4) is 0 Å². The van der Waals surface area contributed by atoms with Crippen LogP contribution in [0.2, 0.25) is 5.02 Å². The lowest BCUT2D eigenvalue weighted by Crippen LogP contribution is -2.27. The molecule has 0 aromatic heterocycles. The van der Waals surface area contributed by atoms with Crippen molar-refractivity contribution in [2.24, 2.45) is 0 Å². The van der Waals surface area contributed by atoms with Gasteiger partial charge in [0.1, 0.15) is 12.4 Å². The molecular formula is C26H28ClNO. The van der Waals surface area contributed by atoms with Gasteiger partial charge in [-0.05, 0) is 65.7 Å². The maximum Gasteiger partial charge on any atom is 0.119 e. The van der Waals surface area contributed by atoms with Gasteiger partial charge in [-0.1, -0.05) is 80.0 Å². The Kier molecular flexibility index (Phi) is 7.92. The third-order valence-electron chi connectivity index (χ3n) is 4.98. The molecule has 0 spiro atoms. The fraction of sp³-hybridized carbons (Fsp3) is 0.231. The molecule has 29 heavy (non-hydrogen) atoms. The van der Waals surface area contributed by atoms with Crippen LogP contribution in [-0.4, -0.2) is 31.1 Å². The monoisotopic (exact) mass is 405 g/mol. The van der Waals surface area contributed by atoms with E-state index < -0.39 is 0 Å². The number of nitrogens with zero attached hydrogens (tertiary/aromatic N) is 1. The lowest BCUT2D eigenvalue weighted by atomic mass is 9.95.